The zero-order valence-electron chi connectivity index (χ0n) is 16.3. The van der Waals surface area contributed by atoms with Crippen molar-refractivity contribution in [3.8, 4) is 5.75 Å². The Kier molecular flexibility index (Phi) is 5.50. The van der Waals surface area contributed by atoms with Gasteiger partial charge in [0, 0.05) is 36.5 Å². The van der Waals surface area contributed by atoms with E-state index >= 15 is 0 Å². The van der Waals surface area contributed by atoms with Crippen LogP contribution in [0.1, 0.15) is 33.6 Å². The van der Waals surface area contributed by atoms with Crippen LogP contribution in [0, 0.1) is 5.82 Å². The molecular weight excluding hydrogens is 391 g/mol. The summed E-state index contributed by atoms with van der Waals surface area (Å²) in [6.07, 6.45) is 1.46. The van der Waals surface area contributed by atoms with Gasteiger partial charge in [-0.15, -0.1) is 11.8 Å². The first-order valence-corrected chi connectivity index (χ1v) is 10.7. The molecule has 2 saturated heterocycles. The standard InChI is InChI=1S/C22H23FN2O3S/c1-28-19-8-4-17(5-9-19)21(27)25-14-15-29-22(25)10-12-24(13-11-22)20(26)16-2-6-18(23)7-3-16/h2-9H,10-15H2,1H3. The summed E-state index contributed by atoms with van der Waals surface area (Å²) in [5, 5.41) is 0. The molecule has 0 aromatic heterocycles. The number of thioether (sulfide) groups is 1. The third kappa shape index (κ3) is 3.83. The topological polar surface area (TPSA) is 49.9 Å². The fraction of sp³-hybridized carbons (Fsp3) is 0.364. The molecule has 2 aromatic carbocycles. The van der Waals surface area contributed by atoms with Gasteiger partial charge < -0.3 is 14.5 Å². The Morgan fingerprint density at radius 1 is 0.931 bits per heavy atom. The first kappa shape index (κ1) is 19.8. The number of piperidine rings is 1. The lowest BCUT2D eigenvalue weighted by Gasteiger charge is -2.44. The van der Waals surface area contributed by atoms with Crippen LogP contribution in [0.25, 0.3) is 0 Å². The number of carbonyl (C=O) groups is 2. The van der Waals surface area contributed by atoms with Crippen molar-refractivity contribution in [1.82, 2.24) is 9.80 Å². The lowest BCUT2D eigenvalue weighted by Crippen LogP contribution is -2.53. The third-order valence-corrected chi connectivity index (χ3v) is 7.24. The number of carbonyl (C=O) groups excluding carboxylic acids is 2. The van der Waals surface area contributed by atoms with Crippen LogP contribution in [-0.4, -0.2) is 59.0 Å². The van der Waals surface area contributed by atoms with E-state index in [2.05, 4.69) is 0 Å². The van der Waals surface area contributed by atoms with Gasteiger partial charge >= 0.3 is 0 Å². The number of halogens is 1. The average molecular weight is 415 g/mol. The van der Waals surface area contributed by atoms with Crippen molar-refractivity contribution in [2.75, 3.05) is 32.5 Å². The van der Waals surface area contributed by atoms with Crippen LogP contribution in [0.15, 0.2) is 48.5 Å². The number of hydrogen-bond acceptors (Lipinski definition) is 4. The molecule has 0 aliphatic carbocycles. The van der Waals surface area contributed by atoms with Gasteiger partial charge in [0.2, 0.25) is 0 Å². The Morgan fingerprint density at radius 3 is 2.14 bits per heavy atom. The molecule has 0 saturated carbocycles. The van der Waals surface area contributed by atoms with Crippen molar-refractivity contribution in [2.24, 2.45) is 0 Å². The molecular formula is C22H23FN2O3S. The highest BCUT2D eigenvalue weighted by Crippen LogP contribution is 2.44. The highest BCUT2D eigenvalue weighted by Gasteiger charge is 2.47. The van der Waals surface area contributed by atoms with E-state index in [1.165, 1.54) is 24.3 Å². The second kappa shape index (κ2) is 8.06. The summed E-state index contributed by atoms with van der Waals surface area (Å²) in [5.74, 6) is 1.20. The molecule has 7 heteroatoms. The summed E-state index contributed by atoms with van der Waals surface area (Å²) in [7, 11) is 1.60. The van der Waals surface area contributed by atoms with Gasteiger partial charge in [-0.25, -0.2) is 4.39 Å². The first-order valence-electron chi connectivity index (χ1n) is 9.67. The number of methoxy groups -OCH3 is 1. The third-order valence-electron chi connectivity index (χ3n) is 5.68. The second-order valence-corrected chi connectivity index (χ2v) is 8.74. The molecule has 2 amide bonds. The molecule has 0 radical (unpaired) electrons. The van der Waals surface area contributed by atoms with Gasteiger partial charge in [-0.2, -0.15) is 0 Å². The summed E-state index contributed by atoms with van der Waals surface area (Å²) in [5.41, 5.74) is 1.14. The number of nitrogens with zero attached hydrogens (tertiary/aromatic N) is 2. The molecule has 2 aliphatic heterocycles. The quantitative estimate of drug-likeness (QED) is 0.769. The molecule has 0 unspecified atom stereocenters. The van der Waals surface area contributed by atoms with Crippen LogP contribution in [0.2, 0.25) is 0 Å². The summed E-state index contributed by atoms with van der Waals surface area (Å²) < 4.78 is 18.3. The molecule has 2 heterocycles. The summed E-state index contributed by atoms with van der Waals surface area (Å²) >= 11 is 1.81. The van der Waals surface area contributed by atoms with E-state index in [9.17, 15) is 14.0 Å². The van der Waals surface area contributed by atoms with Gasteiger partial charge in [-0.3, -0.25) is 9.59 Å². The van der Waals surface area contributed by atoms with E-state index in [4.69, 9.17) is 4.74 Å². The zero-order valence-corrected chi connectivity index (χ0v) is 17.1. The molecule has 2 aliphatic rings. The van der Waals surface area contributed by atoms with Crippen LogP contribution in [0.5, 0.6) is 5.75 Å². The van der Waals surface area contributed by atoms with Crippen LogP contribution >= 0.6 is 11.8 Å². The molecule has 2 fully saturated rings. The maximum absolute atomic E-state index is 13.1. The van der Waals surface area contributed by atoms with Gasteiger partial charge in [0.1, 0.15) is 11.6 Å². The van der Waals surface area contributed by atoms with Crippen molar-refractivity contribution in [3.05, 3.63) is 65.5 Å². The second-order valence-electron chi connectivity index (χ2n) is 7.28. The molecule has 0 atom stereocenters. The van der Waals surface area contributed by atoms with E-state index in [-0.39, 0.29) is 22.5 Å². The van der Waals surface area contributed by atoms with Gasteiger partial charge in [0.15, 0.2) is 0 Å². The van der Waals surface area contributed by atoms with Crippen LogP contribution < -0.4 is 4.74 Å². The lowest BCUT2D eigenvalue weighted by molar-refractivity contribution is 0.0498. The van der Waals surface area contributed by atoms with E-state index < -0.39 is 0 Å². The predicted octanol–water partition coefficient (Wildman–Crippen LogP) is 3.66. The van der Waals surface area contributed by atoms with Crippen LogP contribution in [0.4, 0.5) is 4.39 Å². The Balaban J connectivity index is 1.45. The Hall–Kier alpha value is -2.54. The number of likely N-dealkylation sites (tertiary alicyclic amines) is 1. The highest BCUT2D eigenvalue weighted by atomic mass is 32.2. The van der Waals surface area contributed by atoms with Crippen molar-refractivity contribution >= 4 is 23.6 Å². The van der Waals surface area contributed by atoms with Gasteiger partial charge in [-0.05, 0) is 61.4 Å². The van der Waals surface area contributed by atoms with Crippen molar-refractivity contribution in [1.29, 1.82) is 0 Å². The monoisotopic (exact) mass is 414 g/mol. The fourth-order valence-electron chi connectivity index (χ4n) is 4.03. The molecule has 0 N–H and O–H groups in total. The number of benzene rings is 2. The lowest BCUT2D eigenvalue weighted by atomic mass is 10.00. The Morgan fingerprint density at radius 2 is 1.52 bits per heavy atom. The Bertz CT molecular complexity index is 893. The van der Waals surface area contributed by atoms with Crippen molar-refractivity contribution < 1.29 is 18.7 Å². The molecule has 0 bridgehead atoms. The number of rotatable bonds is 3. The average Bonchev–Trinajstić information content (AvgIpc) is 3.16. The molecule has 2 aromatic rings. The SMILES string of the molecule is COc1ccc(C(=O)N2CCSC23CCN(C(=O)c2ccc(F)cc2)CC3)cc1. The van der Waals surface area contributed by atoms with Crippen molar-refractivity contribution in [2.45, 2.75) is 17.7 Å². The molecule has 4 rings (SSSR count). The summed E-state index contributed by atoms with van der Waals surface area (Å²) in [4.78, 5) is 29.4. The Labute approximate surface area is 173 Å². The summed E-state index contributed by atoms with van der Waals surface area (Å²) in [6.45, 7) is 1.87. The number of hydrogen-bond donors (Lipinski definition) is 0. The van der Waals surface area contributed by atoms with E-state index in [0.29, 0.717) is 30.8 Å². The minimum absolute atomic E-state index is 0.0240. The number of ether oxygens (including phenoxy) is 1. The number of amides is 2. The first-order chi connectivity index (χ1) is 14.0. The fourth-order valence-corrected chi connectivity index (χ4v) is 5.49. The molecule has 29 heavy (non-hydrogen) atoms. The predicted molar refractivity (Wildman–Crippen MR) is 111 cm³/mol. The van der Waals surface area contributed by atoms with E-state index in [1.807, 2.05) is 16.7 Å². The van der Waals surface area contributed by atoms with Crippen molar-refractivity contribution in [3.63, 3.8) is 0 Å². The normalized spacial score (nSPS) is 18.1. The van der Waals surface area contributed by atoms with Crippen LogP contribution in [-0.2, 0) is 0 Å². The van der Waals surface area contributed by atoms with E-state index in [1.54, 1.807) is 36.3 Å². The summed E-state index contributed by atoms with van der Waals surface area (Å²) in [6, 6.07) is 12.8. The molecule has 1 spiro atoms. The highest BCUT2D eigenvalue weighted by molar-refractivity contribution is 8.00. The zero-order chi connectivity index (χ0) is 20.4. The van der Waals surface area contributed by atoms with Gasteiger partial charge in [0.05, 0.1) is 12.0 Å². The largest absolute Gasteiger partial charge is 0.497 e. The smallest absolute Gasteiger partial charge is 0.255 e. The van der Waals surface area contributed by atoms with Gasteiger partial charge in [-0.1, -0.05) is 0 Å². The molecule has 152 valence electrons. The molecule has 5 nitrogen and oxygen atoms in total. The van der Waals surface area contributed by atoms with Crippen LogP contribution in [0.3, 0.4) is 0 Å². The van der Waals surface area contributed by atoms with Gasteiger partial charge in [0.25, 0.3) is 11.8 Å². The maximum Gasteiger partial charge on any atom is 0.255 e. The minimum atomic E-state index is -0.353. The minimum Gasteiger partial charge on any atom is -0.497 e. The van der Waals surface area contributed by atoms with E-state index in [0.717, 1.165) is 24.3 Å². The maximum atomic E-state index is 13.1.